The van der Waals surface area contributed by atoms with Crippen LogP contribution < -0.4 is 15.2 Å². The number of fused-ring (bicyclic) bond motifs is 1. The molecule has 0 radical (unpaired) electrons. The molecule has 0 amide bonds. The minimum atomic E-state index is -3.70. The smallest absolute Gasteiger partial charge is 0.231 e. The summed E-state index contributed by atoms with van der Waals surface area (Å²) in [6.07, 6.45) is 0. The molecule has 4 rings (SSSR count). The Labute approximate surface area is 175 Å². The van der Waals surface area contributed by atoms with Crippen molar-refractivity contribution in [2.45, 2.75) is 29.9 Å². The first-order chi connectivity index (χ1) is 13.8. The molecule has 0 unspecified atom stereocenters. The molecule has 29 heavy (non-hydrogen) atoms. The third kappa shape index (κ3) is 3.19. The molecule has 2 aromatic rings. The second-order valence-electron chi connectivity index (χ2n) is 7.41. The van der Waals surface area contributed by atoms with E-state index in [2.05, 4.69) is 0 Å². The number of sulfone groups is 1. The molecule has 0 spiro atoms. The molecule has 1 aliphatic carbocycles. The zero-order valence-electron chi connectivity index (χ0n) is 16.3. The Balaban J connectivity index is 1.80. The lowest BCUT2D eigenvalue weighted by atomic mass is 9.99. The van der Waals surface area contributed by atoms with Gasteiger partial charge in [0.05, 0.1) is 27.2 Å². The lowest BCUT2D eigenvalue weighted by molar-refractivity contribution is 0.121. The van der Waals surface area contributed by atoms with Crippen LogP contribution in [0, 0.1) is 12.3 Å². The third-order valence-corrected chi connectivity index (χ3v) is 8.37. The number of rotatable bonds is 7. The quantitative estimate of drug-likeness (QED) is 0.672. The highest BCUT2D eigenvalue weighted by Crippen LogP contribution is 2.65. The lowest BCUT2D eigenvalue weighted by Crippen LogP contribution is -2.33. The number of nitrogens with two attached hydrogens (primary N) is 1. The van der Waals surface area contributed by atoms with Gasteiger partial charge in [-0.3, -0.25) is 0 Å². The van der Waals surface area contributed by atoms with Gasteiger partial charge >= 0.3 is 0 Å². The van der Waals surface area contributed by atoms with E-state index in [1.165, 1.54) is 0 Å². The summed E-state index contributed by atoms with van der Waals surface area (Å²) < 4.78 is 43.7. The molecular formula is C21H23NO5S2. The number of thiocarbonyl (C=S) groups is 1. The monoisotopic (exact) mass is 433 g/mol. The van der Waals surface area contributed by atoms with Crippen LogP contribution in [0.15, 0.2) is 47.4 Å². The van der Waals surface area contributed by atoms with E-state index in [9.17, 15) is 8.42 Å². The molecule has 1 saturated carbocycles. The van der Waals surface area contributed by atoms with Crippen LogP contribution in [-0.2, 0) is 14.6 Å². The van der Waals surface area contributed by atoms with Crippen molar-refractivity contribution in [3.05, 3.63) is 53.6 Å². The third-order valence-electron chi connectivity index (χ3n) is 5.70. The van der Waals surface area contributed by atoms with E-state index in [0.29, 0.717) is 18.1 Å². The van der Waals surface area contributed by atoms with E-state index < -0.39 is 26.4 Å². The molecule has 2 aromatic carbocycles. The first-order valence-corrected chi connectivity index (χ1v) is 11.4. The van der Waals surface area contributed by atoms with Gasteiger partial charge in [0, 0.05) is 12.5 Å². The fourth-order valence-corrected chi connectivity index (χ4v) is 6.89. The van der Waals surface area contributed by atoms with Crippen molar-refractivity contribution in [2.24, 2.45) is 11.1 Å². The summed E-state index contributed by atoms with van der Waals surface area (Å²) in [5.74, 6) is 0.805. The van der Waals surface area contributed by atoms with Crippen LogP contribution in [0.2, 0.25) is 0 Å². The van der Waals surface area contributed by atoms with Gasteiger partial charge in [-0.15, -0.1) is 0 Å². The Hall–Kier alpha value is -2.16. The second-order valence-corrected chi connectivity index (χ2v) is 9.92. The first kappa shape index (κ1) is 20.1. The Morgan fingerprint density at radius 1 is 1.21 bits per heavy atom. The average Bonchev–Trinajstić information content (AvgIpc) is 3.18. The van der Waals surface area contributed by atoms with Crippen molar-refractivity contribution in [3.8, 4) is 11.5 Å². The normalized spacial score (nSPS) is 25.0. The van der Waals surface area contributed by atoms with Crippen LogP contribution >= 0.6 is 12.2 Å². The van der Waals surface area contributed by atoms with Crippen molar-refractivity contribution in [1.82, 2.24) is 0 Å². The molecule has 6 nitrogen and oxygen atoms in total. The van der Waals surface area contributed by atoms with Gasteiger partial charge in [-0.05, 0) is 43.7 Å². The molecule has 2 N–H and O–H groups in total. The topological polar surface area (TPSA) is 87.8 Å². The van der Waals surface area contributed by atoms with Crippen molar-refractivity contribution in [3.63, 3.8) is 0 Å². The van der Waals surface area contributed by atoms with E-state index >= 15 is 0 Å². The fourth-order valence-electron chi connectivity index (χ4n) is 4.12. The summed E-state index contributed by atoms with van der Waals surface area (Å²) in [5.41, 5.74) is 6.95. The largest absolute Gasteiger partial charge is 0.454 e. The molecule has 154 valence electrons. The van der Waals surface area contributed by atoms with Crippen LogP contribution in [0.25, 0.3) is 0 Å². The average molecular weight is 434 g/mol. The van der Waals surface area contributed by atoms with Gasteiger partial charge < -0.3 is 19.9 Å². The van der Waals surface area contributed by atoms with Crippen LogP contribution in [0.3, 0.4) is 0 Å². The summed E-state index contributed by atoms with van der Waals surface area (Å²) in [5, 5.41) is -0.804. The zero-order chi connectivity index (χ0) is 20.8. The summed E-state index contributed by atoms with van der Waals surface area (Å²) in [7, 11) is -3.70. The molecule has 1 fully saturated rings. The minimum absolute atomic E-state index is 0.147. The van der Waals surface area contributed by atoms with Crippen LogP contribution in [-0.4, -0.2) is 38.7 Å². The first-order valence-electron chi connectivity index (χ1n) is 9.40. The van der Waals surface area contributed by atoms with E-state index in [0.717, 1.165) is 11.1 Å². The second kappa shape index (κ2) is 7.27. The summed E-state index contributed by atoms with van der Waals surface area (Å²) in [4.78, 5) is 0.405. The van der Waals surface area contributed by atoms with Gasteiger partial charge in [0.15, 0.2) is 21.3 Å². The minimum Gasteiger partial charge on any atom is -0.454 e. The molecule has 3 atom stereocenters. The van der Waals surface area contributed by atoms with Crippen molar-refractivity contribution < 1.29 is 22.6 Å². The highest BCUT2D eigenvalue weighted by Gasteiger charge is 2.73. The van der Waals surface area contributed by atoms with Gasteiger partial charge in [0.1, 0.15) is 0 Å². The van der Waals surface area contributed by atoms with Gasteiger partial charge in [0.25, 0.3) is 0 Å². The van der Waals surface area contributed by atoms with Crippen molar-refractivity contribution >= 4 is 27.0 Å². The van der Waals surface area contributed by atoms with Gasteiger partial charge in [-0.1, -0.05) is 36.0 Å². The molecule has 2 aliphatic rings. The Bertz CT molecular complexity index is 1050. The van der Waals surface area contributed by atoms with E-state index in [1.54, 1.807) is 30.3 Å². The fraction of sp³-hybridized carbons (Fsp3) is 0.381. The molecular weight excluding hydrogens is 410 g/mol. The summed E-state index contributed by atoms with van der Waals surface area (Å²) >= 11 is 5.38. The highest BCUT2D eigenvalue weighted by molar-refractivity contribution is 7.92. The van der Waals surface area contributed by atoms with Gasteiger partial charge in [-0.2, -0.15) is 0 Å². The maximum absolute atomic E-state index is 13.6. The Morgan fingerprint density at radius 3 is 2.55 bits per heavy atom. The Morgan fingerprint density at radius 2 is 1.90 bits per heavy atom. The number of ether oxygens (including phenoxy) is 3. The predicted octanol–water partition coefficient (Wildman–Crippen LogP) is 2.97. The standard InChI is InChI=1S/C21H23NO5S2/c1-3-25-11-21(20(22)28)18(14-6-9-16-17(10-14)27-12-26-16)19(21)29(23,24)15-7-4-13(2)5-8-15/h4-10,18-19H,3,11-12H2,1-2H3,(H2,22,28)/t18-,19-,21+/m1/s1. The lowest BCUT2D eigenvalue weighted by Gasteiger charge is -2.17. The molecule has 0 saturated heterocycles. The predicted molar refractivity (Wildman–Crippen MR) is 113 cm³/mol. The number of aryl methyl sites for hydroxylation is 1. The molecule has 1 aliphatic heterocycles. The van der Waals surface area contributed by atoms with Crippen LogP contribution in [0.5, 0.6) is 11.5 Å². The number of hydrogen-bond acceptors (Lipinski definition) is 6. The zero-order valence-corrected chi connectivity index (χ0v) is 17.9. The number of hydrogen-bond donors (Lipinski definition) is 1. The van der Waals surface area contributed by atoms with Crippen LogP contribution in [0.4, 0.5) is 0 Å². The van der Waals surface area contributed by atoms with Crippen molar-refractivity contribution in [1.29, 1.82) is 0 Å². The number of benzene rings is 2. The molecule has 1 heterocycles. The molecule has 8 heteroatoms. The van der Waals surface area contributed by atoms with Crippen LogP contribution in [0.1, 0.15) is 24.0 Å². The molecule has 0 bridgehead atoms. The van der Waals surface area contributed by atoms with E-state index in [1.807, 2.05) is 26.0 Å². The summed E-state index contributed by atoms with van der Waals surface area (Å²) in [6, 6.07) is 12.3. The van der Waals surface area contributed by atoms with E-state index in [-0.39, 0.29) is 23.3 Å². The SMILES string of the molecule is CCOC[C@]1(C(N)=S)[C@H](c2ccc3c(c2)OCO3)[C@H]1S(=O)(=O)c1ccc(C)cc1. The highest BCUT2D eigenvalue weighted by atomic mass is 32.2. The summed E-state index contributed by atoms with van der Waals surface area (Å²) in [6.45, 7) is 4.50. The van der Waals surface area contributed by atoms with Gasteiger partial charge in [-0.25, -0.2) is 8.42 Å². The van der Waals surface area contributed by atoms with Crippen molar-refractivity contribution in [2.75, 3.05) is 20.0 Å². The Kier molecular flexibility index (Phi) is 5.04. The maximum atomic E-state index is 13.6. The maximum Gasteiger partial charge on any atom is 0.231 e. The van der Waals surface area contributed by atoms with E-state index in [4.69, 9.17) is 32.2 Å². The molecule has 0 aromatic heterocycles. The van der Waals surface area contributed by atoms with Gasteiger partial charge in [0.2, 0.25) is 6.79 Å².